The van der Waals surface area contributed by atoms with Crippen molar-refractivity contribution in [2.75, 3.05) is 23.3 Å². The van der Waals surface area contributed by atoms with E-state index in [1.807, 2.05) is 30.3 Å². The van der Waals surface area contributed by atoms with Crippen LogP contribution in [0.1, 0.15) is 27.0 Å². The van der Waals surface area contributed by atoms with Gasteiger partial charge in [-0.15, -0.1) is 0 Å². The summed E-state index contributed by atoms with van der Waals surface area (Å²) in [5, 5.41) is 2.96. The maximum atomic E-state index is 13.2. The SMILES string of the molecule is O=C(Nc1ccc2c(c1)CCN2CCc1ccncc1)c1ccccc1-c1ccc(C(F)(F)F)cc1. The lowest BCUT2D eigenvalue weighted by molar-refractivity contribution is -0.137. The van der Waals surface area contributed by atoms with Gasteiger partial charge in [0.25, 0.3) is 5.91 Å². The Hall–Kier alpha value is -4.13. The van der Waals surface area contributed by atoms with Crippen molar-refractivity contribution in [1.82, 2.24) is 4.98 Å². The molecule has 4 nitrogen and oxygen atoms in total. The van der Waals surface area contributed by atoms with Gasteiger partial charge in [-0.25, -0.2) is 0 Å². The van der Waals surface area contributed by atoms with Gasteiger partial charge < -0.3 is 10.2 Å². The maximum Gasteiger partial charge on any atom is 0.416 e. The van der Waals surface area contributed by atoms with Crippen LogP contribution >= 0.6 is 0 Å². The number of alkyl halides is 3. The molecule has 0 radical (unpaired) electrons. The van der Waals surface area contributed by atoms with Crippen LogP contribution in [0.25, 0.3) is 11.1 Å². The number of rotatable bonds is 6. The van der Waals surface area contributed by atoms with Crippen molar-refractivity contribution < 1.29 is 18.0 Å². The van der Waals surface area contributed by atoms with Crippen LogP contribution in [0, 0.1) is 0 Å². The molecule has 4 aromatic rings. The van der Waals surface area contributed by atoms with E-state index in [9.17, 15) is 18.0 Å². The molecule has 0 atom stereocenters. The Balaban J connectivity index is 1.30. The van der Waals surface area contributed by atoms with Crippen LogP contribution in [-0.4, -0.2) is 24.0 Å². The van der Waals surface area contributed by atoms with Crippen LogP contribution in [0.2, 0.25) is 0 Å². The van der Waals surface area contributed by atoms with E-state index in [1.165, 1.54) is 28.9 Å². The minimum atomic E-state index is -4.41. The summed E-state index contributed by atoms with van der Waals surface area (Å²) in [7, 11) is 0. The van der Waals surface area contributed by atoms with E-state index < -0.39 is 11.7 Å². The van der Waals surface area contributed by atoms with E-state index in [4.69, 9.17) is 0 Å². The zero-order valence-corrected chi connectivity index (χ0v) is 19.4. The van der Waals surface area contributed by atoms with Crippen molar-refractivity contribution in [3.05, 3.63) is 114 Å². The lowest BCUT2D eigenvalue weighted by Crippen LogP contribution is -2.23. The van der Waals surface area contributed by atoms with Crippen LogP contribution in [0.4, 0.5) is 24.5 Å². The van der Waals surface area contributed by atoms with E-state index in [-0.39, 0.29) is 5.91 Å². The van der Waals surface area contributed by atoms with Crippen LogP contribution in [0.3, 0.4) is 0 Å². The molecule has 0 saturated carbocycles. The second-order valence-corrected chi connectivity index (χ2v) is 8.76. The highest BCUT2D eigenvalue weighted by Crippen LogP contribution is 2.33. The minimum absolute atomic E-state index is 0.307. The molecule has 0 aliphatic carbocycles. The van der Waals surface area contributed by atoms with Gasteiger partial charge in [0.1, 0.15) is 0 Å². The monoisotopic (exact) mass is 487 g/mol. The number of fused-ring (bicyclic) bond motifs is 1. The molecule has 36 heavy (non-hydrogen) atoms. The number of hydrogen-bond donors (Lipinski definition) is 1. The number of nitrogens with one attached hydrogen (secondary N) is 1. The zero-order valence-electron chi connectivity index (χ0n) is 19.4. The predicted molar refractivity (Wildman–Crippen MR) is 135 cm³/mol. The first-order valence-corrected chi connectivity index (χ1v) is 11.7. The number of hydrogen-bond acceptors (Lipinski definition) is 3. The molecule has 1 aliphatic heterocycles. The summed E-state index contributed by atoms with van der Waals surface area (Å²) in [5.74, 6) is -0.307. The molecule has 0 saturated heterocycles. The second-order valence-electron chi connectivity index (χ2n) is 8.76. The average molecular weight is 488 g/mol. The average Bonchev–Trinajstić information content (AvgIpc) is 3.30. The van der Waals surface area contributed by atoms with E-state index in [0.29, 0.717) is 22.4 Å². The number of benzene rings is 3. The Kier molecular flexibility index (Phi) is 6.46. The first kappa shape index (κ1) is 23.6. The van der Waals surface area contributed by atoms with Gasteiger partial charge in [0.15, 0.2) is 0 Å². The van der Waals surface area contributed by atoms with Gasteiger partial charge in [0.05, 0.1) is 5.56 Å². The minimum Gasteiger partial charge on any atom is -0.371 e. The number of carbonyl (C=O) groups is 1. The van der Waals surface area contributed by atoms with Crippen LogP contribution < -0.4 is 10.2 Å². The largest absolute Gasteiger partial charge is 0.416 e. The third-order valence-electron chi connectivity index (χ3n) is 6.44. The molecule has 2 heterocycles. The van der Waals surface area contributed by atoms with Crippen LogP contribution in [-0.2, 0) is 19.0 Å². The number of aromatic nitrogens is 1. The number of carbonyl (C=O) groups excluding carboxylic acids is 1. The fraction of sp³-hybridized carbons (Fsp3) is 0.172. The second kappa shape index (κ2) is 9.85. The molecular formula is C29H24F3N3O. The summed E-state index contributed by atoms with van der Waals surface area (Å²) < 4.78 is 38.8. The molecule has 182 valence electrons. The van der Waals surface area contributed by atoms with Crippen molar-refractivity contribution in [2.45, 2.75) is 19.0 Å². The van der Waals surface area contributed by atoms with Crippen molar-refractivity contribution >= 4 is 17.3 Å². The molecule has 0 unspecified atom stereocenters. The van der Waals surface area contributed by atoms with Crippen molar-refractivity contribution in [2.24, 2.45) is 0 Å². The van der Waals surface area contributed by atoms with Gasteiger partial charge in [-0.3, -0.25) is 9.78 Å². The topological polar surface area (TPSA) is 45.2 Å². The van der Waals surface area contributed by atoms with Gasteiger partial charge in [0, 0.05) is 42.4 Å². The number of halogens is 3. The quantitative estimate of drug-likeness (QED) is 0.332. The Labute approximate surface area is 207 Å². The number of amides is 1. The zero-order chi connectivity index (χ0) is 25.1. The summed E-state index contributed by atoms with van der Waals surface area (Å²) in [5.41, 5.74) is 5.09. The number of anilines is 2. The molecule has 3 aromatic carbocycles. The van der Waals surface area contributed by atoms with E-state index in [0.717, 1.165) is 38.1 Å². The molecule has 0 fully saturated rings. The summed E-state index contributed by atoms with van der Waals surface area (Å²) in [6.45, 7) is 1.83. The maximum absolute atomic E-state index is 13.2. The Morgan fingerprint density at radius 1 is 0.944 bits per heavy atom. The Bertz CT molecular complexity index is 1370. The normalized spacial score (nSPS) is 12.9. The highest BCUT2D eigenvalue weighted by Gasteiger charge is 2.30. The standard InChI is InChI=1S/C29H24F3N3O/c30-29(31,32)23-7-5-21(6-8-23)25-3-1-2-4-26(25)28(36)34-24-9-10-27-22(19-24)14-18-35(27)17-13-20-11-15-33-16-12-20/h1-12,15-16,19H,13-14,17-18H2,(H,34,36). The van der Waals surface area contributed by atoms with E-state index in [1.54, 1.807) is 36.7 Å². The van der Waals surface area contributed by atoms with Crippen molar-refractivity contribution in [3.8, 4) is 11.1 Å². The molecule has 7 heteroatoms. The predicted octanol–water partition coefficient (Wildman–Crippen LogP) is 6.62. The molecule has 1 aromatic heterocycles. The molecule has 0 spiro atoms. The van der Waals surface area contributed by atoms with Crippen LogP contribution in [0.15, 0.2) is 91.3 Å². The molecule has 5 rings (SSSR count). The summed E-state index contributed by atoms with van der Waals surface area (Å²) in [4.78, 5) is 19.6. The Morgan fingerprint density at radius 2 is 1.69 bits per heavy atom. The van der Waals surface area contributed by atoms with Gasteiger partial charge in [-0.05, 0) is 83.6 Å². The lowest BCUT2D eigenvalue weighted by Gasteiger charge is -2.19. The van der Waals surface area contributed by atoms with Crippen molar-refractivity contribution in [3.63, 3.8) is 0 Å². The van der Waals surface area contributed by atoms with Gasteiger partial charge in [-0.2, -0.15) is 13.2 Å². The molecule has 1 aliphatic rings. The third kappa shape index (κ3) is 5.10. The smallest absolute Gasteiger partial charge is 0.371 e. The molecule has 0 bridgehead atoms. The third-order valence-corrected chi connectivity index (χ3v) is 6.44. The van der Waals surface area contributed by atoms with Gasteiger partial charge in [-0.1, -0.05) is 30.3 Å². The first-order valence-electron chi connectivity index (χ1n) is 11.7. The fourth-order valence-electron chi connectivity index (χ4n) is 4.56. The fourth-order valence-corrected chi connectivity index (χ4v) is 4.56. The van der Waals surface area contributed by atoms with Gasteiger partial charge in [0.2, 0.25) is 0 Å². The number of pyridine rings is 1. The van der Waals surface area contributed by atoms with Crippen molar-refractivity contribution in [1.29, 1.82) is 0 Å². The van der Waals surface area contributed by atoms with E-state index in [2.05, 4.69) is 15.2 Å². The molecular weight excluding hydrogens is 463 g/mol. The number of nitrogens with zero attached hydrogens (tertiary/aromatic N) is 2. The van der Waals surface area contributed by atoms with Gasteiger partial charge >= 0.3 is 6.18 Å². The summed E-state index contributed by atoms with van der Waals surface area (Å²) in [6.07, 6.45) is 1.03. The lowest BCUT2D eigenvalue weighted by atomic mass is 9.98. The molecule has 1 N–H and O–H groups in total. The highest BCUT2D eigenvalue weighted by molar-refractivity contribution is 6.08. The highest BCUT2D eigenvalue weighted by atomic mass is 19.4. The Morgan fingerprint density at radius 3 is 2.44 bits per heavy atom. The van der Waals surface area contributed by atoms with Crippen LogP contribution in [0.5, 0.6) is 0 Å². The molecule has 1 amide bonds. The summed E-state index contributed by atoms with van der Waals surface area (Å²) in [6, 6.07) is 21.7. The van der Waals surface area contributed by atoms with E-state index >= 15 is 0 Å². The first-order chi connectivity index (χ1) is 17.4. The summed E-state index contributed by atoms with van der Waals surface area (Å²) >= 11 is 0.